The number of benzene rings is 1. The van der Waals surface area contributed by atoms with E-state index in [1.165, 1.54) is 11.3 Å². The smallest absolute Gasteiger partial charge is 0.261 e. The molecule has 0 aliphatic carbocycles. The minimum atomic E-state index is -1.01. The molecule has 8 nitrogen and oxygen atoms in total. The van der Waals surface area contributed by atoms with Crippen LogP contribution in [0.2, 0.25) is 0 Å². The third-order valence-corrected chi connectivity index (χ3v) is 8.58. The Balaban J connectivity index is 1.35. The van der Waals surface area contributed by atoms with Crippen LogP contribution in [-0.4, -0.2) is 70.1 Å². The van der Waals surface area contributed by atoms with Crippen LogP contribution in [0.1, 0.15) is 30.5 Å². The van der Waals surface area contributed by atoms with E-state index in [0.717, 1.165) is 36.1 Å². The molecule has 6 heterocycles. The summed E-state index contributed by atoms with van der Waals surface area (Å²) in [6.45, 7) is 2.74. The number of para-hydroxylation sites is 1. The number of halogens is 1. The lowest BCUT2D eigenvalue weighted by Crippen LogP contribution is -2.52. The number of carbonyl (C=O) groups excluding carboxylic acids is 2. The monoisotopic (exact) mass is 516 g/mol. The van der Waals surface area contributed by atoms with Crippen molar-refractivity contribution < 1.29 is 14.0 Å². The molecule has 37 heavy (non-hydrogen) atoms. The second kappa shape index (κ2) is 8.74. The largest absolute Gasteiger partial charge is 0.352 e. The van der Waals surface area contributed by atoms with Crippen LogP contribution < -0.4 is 10.2 Å². The van der Waals surface area contributed by atoms with Crippen LogP contribution in [-0.2, 0) is 9.59 Å². The highest BCUT2D eigenvalue weighted by atomic mass is 32.1. The summed E-state index contributed by atoms with van der Waals surface area (Å²) in [4.78, 5) is 44.1. The zero-order chi connectivity index (χ0) is 25.1. The van der Waals surface area contributed by atoms with Crippen LogP contribution in [0.25, 0.3) is 32.3 Å². The number of thiophene rings is 1. The summed E-state index contributed by atoms with van der Waals surface area (Å²) in [5, 5.41) is 5.96. The van der Waals surface area contributed by atoms with Crippen molar-refractivity contribution in [3.63, 3.8) is 0 Å². The predicted molar refractivity (Wildman–Crippen MR) is 142 cm³/mol. The first kappa shape index (κ1) is 22.6. The maximum atomic E-state index is 15.4. The van der Waals surface area contributed by atoms with Crippen molar-refractivity contribution in [2.45, 2.75) is 31.5 Å². The number of likely N-dealkylation sites (tertiary alicyclic amines) is 1. The Kier molecular flexibility index (Phi) is 5.33. The second-order valence-corrected chi connectivity index (χ2v) is 10.8. The van der Waals surface area contributed by atoms with E-state index in [2.05, 4.69) is 15.2 Å². The van der Waals surface area contributed by atoms with Gasteiger partial charge in [-0.2, -0.15) is 0 Å². The van der Waals surface area contributed by atoms with Gasteiger partial charge in [-0.15, -0.1) is 11.3 Å². The highest BCUT2D eigenvalue weighted by molar-refractivity contribution is 7.16. The quantitative estimate of drug-likeness (QED) is 0.401. The van der Waals surface area contributed by atoms with Gasteiger partial charge in [0.25, 0.3) is 11.8 Å². The molecule has 2 fully saturated rings. The highest BCUT2D eigenvalue weighted by Crippen LogP contribution is 2.38. The molecule has 0 unspecified atom stereocenters. The highest BCUT2D eigenvalue weighted by Gasteiger charge is 2.38. The number of nitrogens with zero attached hydrogens (tertiary/aromatic N) is 4. The van der Waals surface area contributed by atoms with Crippen molar-refractivity contribution in [1.82, 2.24) is 25.2 Å². The minimum absolute atomic E-state index is 0.0761. The van der Waals surface area contributed by atoms with Crippen molar-refractivity contribution in [3.8, 4) is 0 Å². The van der Waals surface area contributed by atoms with Crippen LogP contribution in [0.4, 0.5) is 10.3 Å². The van der Waals surface area contributed by atoms with Crippen molar-refractivity contribution in [1.29, 1.82) is 0 Å². The molecule has 7 rings (SSSR count). The van der Waals surface area contributed by atoms with E-state index >= 15 is 4.39 Å². The predicted octanol–water partition coefficient (Wildman–Crippen LogP) is 3.75. The van der Waals surface area contributed by atoms with Gasteiger partial charge in [-0.25, -0.2) is 14.4 Å². The number of carbonyl (C=O) groups is 2. The normalized spacial score (nSPS) is 23.1. The molecule has 188 valence electrons. The number of aromatic amines is 1. The third-order valence-electron chi connectivity index (χ3n) is 7.73. The number of amides is 2. The van der Waals surface area contributed by atoms with E-state index in [9.17, 15) is 9.59 Å². The van der Waals surface area contributed by atoms with Crippen LogP contribution in [0.15, 0.2) is 41.9 Å². The summed E-state index contributed by atoms with van der Waals surface area (Å²) in [7, 11) is 0. The minimum Gasteiger partial charge on any atom is -0.352 e. The van der Waals surface area contributed by atoms with Crippen molar-refractivity contribution in [2.75, 3.05) is 31.1 Å². The number of aromatic nitrogens is 3. The number of imide groups is 1. The Morgan fingerprint density at radius 3 is 2.62 bits per heavy atom. The number of hydrogen-bond acceptors (Lipinski definition) is 7. The van der Waals surface area contributed by atoms with E-state index in [0.29, 0.717) is 46.6 Å². The zero-order valence-electron chi connectivity index (χ0n) is 20.0. The van der Waals surface area contributed by atoms with Gasteiger partial charge in [-0.3, -0.25) is 19.8 Å². The first-order valence-corrected chi connectivity index (χ1v) is 13.5. The Morgan fingerprint density at radius 1 is 0.973 bits per heavy atom. The van der Waals surface area contributed by atoms with Gasteiger partial charge in [-0.1, -0.05) is 18.2 Å². The van der Waals surface area contributed by atoms with Gasteiger partial charge in [0.1, 0.15) is 11.0 Å². The Hall–Kier alpha value is -3.63. The van der Waals surface area contributed by atoms with E-state index in [-0.39, 0.29) is 18.2 Å². The molecule has 2 amide bonds. The van der Waals surface area contributed by atoms with Crippen molar-refractivity contribution in [2.24, 2.45) is 0 Å². The Labute approximate surface area is 216 Å². The molecule has 2 N–H and O–H groups in total. The third kappa shape index (κ3) is 3.66. The molecule has 3 aliphatic heterocycles. The zero-order valence-corrected chi connectivity index (χ0v) is 20.9. The summed E-state index contributed by atoms with van der Waals surface area (Å²) < 4.78 is 15.4. The van der Waals surface area contributed by atoms with E-state index < -0.39 is 18.0 Å². The van der Waals surface area contributed by atoms with Crippen LogP contribution >= 0.6 is 11.3 Å². The molecule has 4 aromatic rings. The molecule has 10 heteroatoms. The van der Waals surface area contributed by atoms with E-state index in [1.54, 1.807) is 6.20 Å². The molecule has 1 aromatic carbocycles. The van der Waals surface area contributed by atoms with Crippen LogP contribution in [0.3, 0.4) is 0 Å². The van der Waals surface area contributed by atoms with Crippen LogP contribution in [0, 0.1) is 0 Å². The molecular formula is C27H25FN6O2S. The summed E-state index contributed by atoms with van der Waals surface area (Å²) >= 11 is 1.53. The van der Waals surface area contributed by atoms with Gasteiger partial charge >= 0.3 is 0 Å². The topological polar surface area (TPSA) is 94.2 Å². The Morgan fingerprint density at radius 2 is 1.78 bits per heavy atom. The molecule has 0 radical (unpaired) electrons. The van der Waals surface area contributed by atoms with Gasteiger partial charge in [-0.05, 0) is 49.9 Å². The molecular weight excluding hydrogens is 491 g/mol. The number of hydrogen-bond donors (Lipinski definition) is 2. The standard InChI is InChI=1S/C27H25FN6O2S/c28-18-14-34(11-7-20(18)33-9-3-4-10-33)27-30-19-6-2-1-5-16(19)23(31-27)22-21(24(35)32-25(22)36)17-13-29-26-15(17)8-12-37-26/h1-2,5-6,8,12-13,18,20,29H,3-4,7,9-11,14H2,(H,32,35,36)/t18-,20+/m1/s1. The lowest BCUT2D eigenvalue weighted by molar-refractivity contribution is -0.122. The molecule has 0 saturated carbocycles. The van der Waals surface area contributed by atoms with Gasteiger partial charge in [0.15, 0.2) is 0 Å². The number of nitrogens with one attached hydrogen (secondary N) is 2. The fourth-order valence-corrected chi connectivity index (χ4v) is 6.72. The number of rotatable bonds is 4. The van der Waals surface area contributed by atoms with Gasteiger partial charge in [0.2, 0.25) is 5.95 Å². The summed E-state index contributed by atoms with van der Waals surface area (Å²) in [5.74, 6) is -0.563. The number of piperidine rings is 1. The molecule has 0 spiro atoms. The molecule has 3 aliphatic rings. The maximum absolute atomic E-state index is 15.4. The lowest BCUT2D eigenvalue weighted by atomic mass is 9.97. The summed E-state index contributed by atoms with van der Waals surface area (Å²) in [5.41, 5.74) is 2.21. The summed E-state index contributed by atoms with van der Waals surface area (Å²) in [6, 6.07) is 9.29. The van der Waals surface area contributed by atoms with Gasteiger partial charge < -0.3 is 9.88 Å². The van der Waals surface area contributed by atoms with E-state index in [4.69, 9.17) is 9.97 Å². The average molecular weight is 517 g/mol. The Bertz CT molecular complexity index is 1590. The molecule has 2 saturated heterocycles. The molecule has 3 aromatic heterocycles. The average Bonchev–Trinajstić information content (AvgIpc) is 3.69. The van der Waals surface area contributed by atoms with Crippen LogP contribution in [0.5, 0.6) is 0 Å². The number of H-pyrrole nitrogens is 1. The number of alkyl halides is 1. The first-order chi connectivity index (χ1) is 18.1. The fraction of sp³-hybridized carbons (Fsp3) is 0.333. The first-order valence-electron chi connectivity index (χ1n) is 12.6. The maximum Gasteiger partial charge on any atom is 0.261 e. The fourth-order valence-electron chi connectivity index (χ4n) is 5.95. The number of fused-ring (bicyclic) bond motifs is 2. The SMILES string of the molecule is O=C1NC(=O)C(c2c[nH]c3sccc23)=C1c1nc(N2CC[C@H](N3CCCC3)[C@H](F)C2)nc2ccccc12. The van der Waals surface area contributed by atoms with Crippen molar-refractivity contribution >= 4 is 61.4 Å². The van der Waals surface area contributed by atoms with Gasteiger partial charge in [0.05, 0.1) is 28.9 Å². The molecule has 2 atom stereocenters. The second-order valence-electron chi connectivity index (χ2n) is 9.85. The number of anilines is 1. The van der Waals surface area contributed by atoms with Crippen molar-refractivity contribution in [3.05, 3.63) is 53.2 Å². The molecule has 0 bridgehead atoms. The summed E-state index contributed by atoms with van der Waals surface area (Å²) in [6.07, 6.45) is 3.69. The lowest BCUT2D eigenvalue weighted by Gasteiger charge is -2.39. The van der Waals surface area contributed by atoms with Gasteiger partial charge in [0, 0.05) is 35.1 Å². The van der Waals surface area contributed by atoms with E-state index in [1.807, 2.05) is 40.6 Å².